The minimum Gasteiger partial charge on any atom is -0.496 e. The fraction of sp³-hybridized carbons (Fsp3) is 0.533. The molecule has 1 amide bonds. The first-order valence-electron chi connectivity index (χ1n) is 6.70. The third-order valence-corrected chi connectivity index (χ3v) is 4.32. The Kier molecular flexibility index (Phi) is 5.05. The van der Waals surface area contributed by atoms with Crippen LogP contribution in [0.2, 0.25) is 0 Å². The molecule has 0 spiro atoms. The molecule has 1 saturated heterocycles. The molecule has 1 fully saturated rings. The van der Waals surface area contributed by atoms with Gasteiger partial charge in [0.25, 0.3) is 5.91 Å². The fourth-order valence-electron chi connectivity index (χ4n) is 2.31. The number of nitrogens with zero attached hydrogens (tertiary/aromatic N) is 1. The van der Waals surface area contributed by atoms with Crippen LogP contribution >= 0.6 is 15.9 Å². The summed E-state index contributed by atoms with van der Waals surface area (Å²) in [6, 6.07) is 5.67. The van der Waals surface area contributed by atoms with E-state index in [4.69, 9.17) is 9.47 Å². The van der Waals surface area contributed by atoms with Crippen LogP contribution < -0.4 is 4.74 Å². The average Bonchev–Trinajstić information content (AvgIpc) is 2.47. The van der Waals surface area contributed by atoms with Gasteiger partial charge in [-0.25, -0.2) is 0 Å². The molecule has 5 heteroatoms. The van der Waals surface area contributed by atoms with Gasteiger partial charge >= 0.3 is 0 Å². The van der Waals surface area contributed by atoms with Crippen molar-refractivity contribution >= 4 is 21.8 Å². The lowest BCUT2D eigenvalue weighted by Gasteiger charge is -2.37. The van der Waals surface area contributed by atoms with Gasteiger partial charge in [0.15, 0.2) is 0 Å². The third-order valence-electron chi connectivity index (χ3n) is 3.59. The number of benzene rings is 1. The number of carbonyl (C=O) groups is 1. The normalized spacial score (nSPS) is 22.7. The van der Waals surface area contributed by atoms with Crippen LogP contribution in [0.4, 0.5) is 0 Å². The molecule has 0 N–H and O–H groups in total. The van der Waals surface area contributed by atoms with Crippen molar-refractivity contribution in [3.63, 3.8) is 0 Å². The predicted molar refractivity (Wildman–Crippen MR) is 81.8 cm³/mol. The summed E-state index contributed by atoms with van der Waals surface area (Å²) in [4.78, 5) is 14.5. The maximum Gasteiger partial charge on any atom is 0.254 e. The summed E-state index contributed by atoms with van der Waals surface area (Å²) >= 11 is 3.41. The highest BCUT2D eigenvalue weighted by atomic mass is 79.9. The van der Waals surface area contributed by atoms with Crippen molar-refractivity contribution in [2.75, 3.05) is 25.6 Å². The van der Waals surface area contributed by atoms with Crippen LogP contribution in [0.3, 0.4) is 0 Å². The molecular weight excluding hydrogens is 322 g/mol. The van der Waals surface area contributed by atoms with Gasteiger partial charge in [0.2, 0.25) is 0 Å². The molecule has 0 aliphatic carbocycles. The highest BCUT2D eigenvalue weighted by Crippen LogP contribution is 2.22. The molecule has 1 aromatic carbocycles. The molecular formula is C15H20BrNO3. The Morgan fingerprint density at radius 1 is 1.55 bits per heavy atom. The number of ether oxygens (including phenoxy) is 2. The quantitative estimate of drug-likeness (QED) is 0.793. The van der Waals surface area contributed by atoms with Gasteiger partial charge < -0.3 is 14.4 Å². The molecule has 2 unspecified atom stereocenters. The Balaban J connectivity index is 2.21. The number of hydrogen-bond donors (Lipinski definition) is 0. The Morgan fingerprint density at radius 3 is 2.95 bits per heavy atom. The molecule has 2 rings (SSSR count). The Hall–Kier alpha value is -1.07. The molecule has 0 bridgehead atoms. The van der Waals surface area contributed by atoms with Crippen LogP contribution in [-0.2, 0) is 4.74 Å². The number of hydrogen-bond acceptors (Lipinski definition) is 3. The number of alkyl halides is 1. The summed E-state index contributed by atoms with van der Waals surface area (Å²) < 4.78 is 10.9. The summed E-state index contributed by atoms with van der Waals surface area (Å²) in [7, 11) is 1.62. The highest BCUT2D eigenvalue weighted by Gasteiger charge is 2.29. The Bertz CT molecular complexity index is 492. The molecule has 0 aromatic heterocycles. The van der Waals surface area contributed by atoms with Crippen molar-refractivity contribution in [3.8, 4) is 5.75 Å². The second-order valence-corrected chi connectivity index (χ2v) is 5.75. The van der Waals surface area contributed by atoms with Gasteiger partial charge in [-0.15, -0.1) is 0 Å². The van der Waals surface area contributed by atoms with E-state index in [1.165, 1.54) is 0 Å². The van der Waals surface area contributed by atoms with E-state index in [0.717, 1.165) is 16.6 Å². The maximum atomic E-state index is 12.7. The largest absolute Gasteiger partial charge is 0.496 e. The monoisotopic (exact) mass is 341 g/mol. The summed E-state index contributed by atoms with van der Waals surface area (Å²) in [6.45, 7) is 5.16. The second-order valence-electron chi connectivity index (χ2n) is 5.10. The zero-order valence-electron chi connectivity index (χ0n) is 12.1. The summed E-state index contributed by atoms with van der Waals surface area (Å²) in [5, 5.41) is 0.737. The van der Waals surface area contributed by atoms with Crippen LogP contribution in [0.15, 0.2) is 18.2 Å². The SMILES string of the molecule is COc1cc(C(=O)N2CC(CBr)OCC2C)ccc1C. The number of halogens is 1. The average molecular weight is 342 g/mol. The lowest BCUT2D eigenvalue weighted by molar-refractivity contribution is -0.0361. The maximum absolute atomic E-state index is 12.7. The third kappa shape index (κ3) is 3.15. The molecule has 2 atom stereocenters. The van der Waals surface area contributed by atoms with Gasteiger partial charge in [-0.2, -0.15) is 0 Å². The Labute approximate surface area is 128 Å². The smallest absolute Gasteiger partial charge is 0.254 e. The molecule has 1 aromatic rings. The van der Waals surface area contributed by atoms with Crippen LogP contribution in [-0.4, -0.2) is 48.5 Å². The number of morpholine rings is 1. The number of rotatable bonds is 3. The second kappa shape index (κ2) is 6.59. The van der Waals surface area contributed by atoms with Gasteiger partial charge in [0.1, 0.15) is 5.75 Å². The summed E-state index contributed by atoms with van der Waals surface area (Å²) in [6.07, 6.45) is 0.0579. The van der Waals surface area contributed by atoms with E-state index in [0.29, 0.717) is 18.7 Å². The van der Waals surface area contributed by atoms with Crippen molar-refractivity contribution in [1.29, 1.82) is 0 Å². The minimum absolute atomic E-state index is 0.0325. The fourth-order valence-corrected chi connectivity index (χ4v) is 2.70. The molecule has 110 valence electrons. The first kappa shape index (κ1) is 15.3. The van der Waals surface area contributed by atoms with Crippen LogP contribution in [0.1, 0.15) is 22.8 Å². The van der Waals surface area contributed by atoms with Crippen molar-refractivity contribution in [3.05, 3.63) is 29.3 Å². The molecule has 1 heterocycles. The molecule has 4 nitrogen and oxygen atoms in total. The number of methoxy groups -OCH3 is 1. The van der Waals surface area contributed by atoms with E-state index in [-0.39, 0.29) is 18.1 Å². The standard InChI is InChI=1S/C15H20BrNO3/c1-10-4-5-12(6-14(10)19-3)15(18)17-8-13(7-16)20-9-11(17)2/h4-6,11,13H,7-9H2,1-3H3. The molecule has 0 saturated carbocycles. The topological polar surface area (TPSA) is 38.8 Å². The minimum atomic E-state index is 0.0325. The number of carbonyl (C=O) groups excluding carboxylic acids is 1. The summed E-state index contributed by atoms with van der Waals surface area (Å²) in [5.41, 5.74) is 1.69. The van der Waals surface area contributed by atoms with E-state index >= 15 is 0 Å². The highest BCUT2D eigenvalue weighted by molar-refractivity contribution is 9.09. The van der Waals surface area contributed by atoms with Crippen molar-refractivity contribution in [2.45, 2.75) is 26.0 Å². The van der Waals surface area contributed by atoms with Gasteiger partial charge in [-0.3, -0.25) is 4.79 Å². The zero-order valence-corrected chi connectivity index (χ0v) is 13.6. The number of aryl methyl sites for hydroxylation is 1. The first-order valence-corrected chi connectivity index (χ1v) is 7.82. The predicted octanol–water partition coefficient (Wildman–Crippen LogP) is 2.63. The van der Waals surface area contributed by atoms with E-state index < -0.39 is 0 Å². The van der Waals surface area contributed by atoms with Gasteiger partial charge in [-0.05, 0) is 31.5 Å². The Morgan fingerprint density at radius 2 is 2.30 bits per heavy atom. The summed E-state index contributed by atoms with van der Waals surface area (Å²) in [5.74, 6) is 0.777. The van der Waals surface area contributed by atoms with E-state index in [9.17, 15) is 4.79 Å². The zero-order chi connectivity index (χ0) is 14.7. The van der Waals surface area contributed by atoms with Crippen molar-refractivity contribution in [2.24, 2.45) is 0 Å². The van der Waals surface area contributed by atoms with Crippen molar-refractivity contribution < 1.29 is 14.3 Å². The van der Waals surface area contributed by atoms with Gasteiger partial charge in [-0.1, -0.05) is 22.0 Å². The van der Waals surface area contributed by atoms with E-state index in [1.54, 1.807) is 7.11 Å². The molecule has 0 radical (unpaired) electrons. The van der Waals surface area contributed by atoms with Crippen LogP contribution in [0.5, 0.6) is 5.75 Å². The molecule has 20 heavy (non-hydrogen) atoms. The molecule has 1 aliphatic rings. The van der Waals surface area contributed by atoms with Crippen molar-refractivity contribution in [1.82, 2.24) is 4.90 Å². The number of amides is 1. The van der Waals surface area contributed by atoms with Gasteiger partial charge in [0.05, 0.1) is 25.9 Å². The first-order chi connectivity index (χ1) is 9.56. The molecule has 1 aliphatic heterocycles. The van der Waals surface area contributed by atoms with Crippen LogP contribution in [0, 0.1) is 6.92 Å². The van der Waals surface area contributed by atoms with Gasteiger partial charge in [0, 0.05) is 17.4 Å². The van der Waals surface area contributed by atoms with E-state index in [1.807, 2.05) is 36.9 Å². The van der Waals surface area contributed by atoms with Crippen LogP contribution in [0.25, 0.3) is 0 Å². The lowest BCUT2D eigenvalue weighted by atomic mass is 10.1. The van der Waals surface area contributed by atoms with E-state index in [2.05, 4.69) is 15.9 Å². The lowest BCUT2D eigenvalue weighted by Crippen LogP contribution is -2.51.